The Kier molecular flexibility index (Phi) is 6.47. The lowest BCUT2D eigenvalue weighted by atomic mass is 10.2. The molecule has 0 bridgehead atoms. The molecule has 9 heteroatoms. The number of hydrogen-bond acceptors (Lipinski definition) is 6. The molecule has 0 saturated heterocycles. The molecule has 9 nitrogen and oxygen atoms in total. The summed E-state index contributed by atoms with van der Waals surface area (Å²) in [5, 5.41) is 11.9. The molecule has 30 heavy (non-hydrogen) atoms. The van der Waals surface area contributed by atoms with Gasteiger partial charge in [0.15, 0.2) is 0 Å². The first-order valence-corrected chi connectivity index (χ1v) is 9.80. The van der Waals surface area contributed by atoms with Crippen LogP contribution < -0.4 is 16.6 Å². The van der Waals surface area contributed by atoms with Gasteiger partial charge >= 0.3 is 11.7 Å². The van der Waals surface area contributed by atoms with Crippen molar-refractivity contribution in [1.29, 1.82) is 5.26 Å². The average molecular weight is 410 g/mol. The molecule has 2 heterocycles. The number of amides is 1. The van der Waals surface area contributed by atoms with Gasteiger partial charge in [0, 0.05) is 17.9 Å². The summed E-state index contributed by atoms with van der Waals surface area (Å²) in [6.07, 6.45) is 2.88. The highest BCUT2D eigenvalue weighted by molar-refractivity contribution is 5.93. The Balaban J connectivity index is 1.71. The molecule has 1 aliphatic rings. The Labute approximate surface area is 172 Å². The summed E-state index contributed by atoms with van der Waals surface area (Å²) in [6.45, 7) is 2.26. The highest BCUT2D eigenvalue weighted by atomic mass is 16.5. The molecule has 1 N–H and O–H groups in total. The van der Waals surface area contributed by atoms with Gasteiger partial charge in [0.2, 0.25) is 5.91 Å². The van der Waals surface area contributed by atoms with E-state index in [2.05, 4.69) is 5.32 Å². The zero-order chi connectivity index (χ0) is 21.7. The molecule has 1 aromatic heterocycles. The van der Waals surface area contributed by atoms with Gasteiger partial charge in [-0.3, -0.25) is 14.2 Å². The van der Waals surface area contributed by atoms with Crippen molar-refractivity contribution in [2.75, 3.05) is 11.9 Å². The van der Waals surface area contributed by atoms with Crippen molar-refractivity contribution in [3.8, 4) is 6.07 Å². The zero-order valence-electron chi connectivity index (χ0n) is 16.6. The quantitative estimate of drug-likeness (QED) is 0.544. The smallest absolute Gasteiger partial charge is 0.338 e. The average Bonchev–Trinajstić information content (AvgIpc) is 3.22. The molecule has 3 rings (SSSR count). The number of unbranched alkanes of at least 4 members (excludes halogenated alkanes) is 1. The lowest BCUT2D eigenvalue weighted by Crippen LogP contribution is -2.44. The van der Waals surface area contributed by atoms with E-state index in [1.165, 1.54) is 28.8 Å². The largest absolute Gasteiger partial charge is 0.462 e. The van der Waals surface area contributed by atoms with Crippen molar-refractivity contribution in [2.24, 2.45) is 0 Å². The second-order valence-corrected chi connectivity index (χ2v) is 6.98. The highest BCUT2D eigenvalue weighted by Crippen LogP contribution is 2.14. The number of anilines is 1. The molecular weight excluding hydrogens is 388 g/mol. The monoisotopic (exact) mass is 410 g/mol. The summed E-state index contributed by atoms with van der Waals surface area (Å²) in [4.78, 5) is 49.3. The number of ether oxygens (including phenoxy) is 1. The van der Waals surface area contributed by atoms with Gasteiger partial charge in [0.05, 0.1) is 12.2 Å². The molecule has 1 amide bonds. The molecule has 0 unspecified atom stereocenters. The molecule has 1 aromatic carbocycles. The molecule has 0 radical (unpaired) electrons. The molecule has 0 atom stereocenters. The summed E-state index contributed by atoms with van der Waals surface area (Å²) < 4.78 is 7.29. The van der Waals surface area contributed by atoms with Crippen LogP contribution >= 0.6 is 0 Å². The third kappa shape index (κ3) is 4.33. The number of aromatic nitrogens is 2. The summed E-state index contributed by atoms with van der Waals surface area (Å²) in [5.74, 6) is -1.03. The Morgan fingerprint density at radius 3 is 2.63 bits per heavy atom. The molecule has 2 aromatic rings. The van der Waals surface area contributed by atoms with Crippen molar-refractivity contribution in [3.63, 3.8) is 0 Å². The van der Waals surface area contributed by atoms with Gasteiger partial charge in [-0.25, -0.2) is 14.2 Å². The van der Waals surface area contributed by atoms with Crippen LogP contribution in [0.15, 0.2) is 33.9 Å². The van der Waals surface area contributed by atoms with Gasteiger partial charge in [0.1, 0.15) is 18.2 Å². The van der Waals surface area contributed by atoms with E-state index >= 15 is 0 Å². The van der Waals surface area contributed by atoms with Gasteiger partial charge in [-0.1, -0.05) is 13.3 Å². The van der Waals surface area contributed by atoms with Crippen LogP contribution in [-0.4, -0.2) is 27.6 Å². The molecular formula is C21H22N4O5. The Morgan fingerprint density at radius 1 is 1.23 bits per heavy atom. The molecule has 0 aliphatic carbocycles. The van der Waals surface area contributed by atoms with Crippen molar-refractivity contribution >= 4 is 17.6 Å². The Bertz CT molecular complexity index is 1120. The molecule has 0 saturated carbocycles. The van der Waals surface area contributed by atoms with E-state index in [0.29, 0.717) is 42.9 Å². The van der Waals surface area contributed by atoms with E-state index in [1.54, 1.807) is 0 Å². The van der Waals surface area contributed by atoms with E-state index in [0.717, 1.165) is 17.4 Å². The van der Waals surface area contributed by atoms with Crippen molar-refractivity contribution in [2.45, 2.75) is 45.7 Å². The lowest BCUT2D eigenvalue weighted by molar-refractivity contribution is -0.116. The number of carbonyl (C=O) groups is 2. The second kappa shape index (κ2) is 9.22. The predicted molar refractivity (Wildman–Crippen MR) is 108 cm³/mol. The SMILES string of the molecule is CCCCOC(=O)c1ccc(NC(=O)Cn2c(=O)c(C#N)c3n(c2=O)CCC3)cc1. The van der Waals surface area contributed by atoms with Gasteiger partial charge in [0.25, 0.3) is 5.56 Å². The lowest BCUT2D eigenvalue weighted by Gasteiger charge is -2.11. The van der Waals surface area contributed by atoms with Crippen molar-refractivity contribution in [3.05, 3.63) is 61.9 Å². The van der Waals surface area contributed by atoms with E-state index in [-0.39, 0.29) is 5.56 Å². The zero-order valence-corrected chi connectivity index (χ0v) is 16.6. The van der Waals surface area contributed by atoms with E-state index in [4.69, 9.17) is 4.74 Å². The van der Waals surface area contributed by atoms with Crippen LogP contribution in [0.1, 0.15) is 47.8 Å². The van der Waals surface area contributed by atoms with Gasteiger partial charge < -0.3 is 10.1 Å². The second-order valence-electron chi connectivity index (χ2n) is 6.98. The number of rotatable bonds is 7. The fourth-order valence-corrected chi connectivity index (χ4v) is 3.31. The number of benzene rings is 1. The molecule has 156 valence electrons. The standard InChI is InChI=1S/C21H22N4O5/c1-2-3-11-30-20(28)14-6-8-15(9-7-14)23-18(26)13-25-19(27)16(12-22)17-5-4-10-24(17)21(25)29/h6-9H,2-5,10-11,13H2,1H3,(H,23,26). The van der Waals surface area contributed by atoms with Gasteiger partial charge in [-0.05, 0) is 43.5 Å². The number of esters is 1. The van der Waals surface area contributed by atoms with Crippen molar-refractivity contribution < 1.29 is 14.3 Å². The van der Waals surface area contributed by atoms with E-state index in [9.17, 15) is 24.4 Å². The number of hydrogen-bond donors (Lipinski definition) is 1. The van der Waals surface area contributed by atoms with Crippen LogP contribution in [0.4, 0.5) is 5.69 Å². The maximum atomic E-state index is 12.6. The molecule has 0 fully saturated rings. The minimum absolute atomic E-state index is 0.0918. The normalized spacial score (nSPS) is 12.1. The minimum atomic E-state index is -0.754. The topological polar surface area (TPSA) is 123 Å². The van der Waals surface area contributed by atoms with Crippen LogP contribution in [0.5, 0.6) is 0 Å². The van der Waals surface area contributed by atoms with Crippen LogP contribution in [0.3, 0.4) is 0 Å². The van der Waals surface area contributed by atoms with Crippen molar-refractivity contribution in [1.82, 2.24) is 9.13 Å². The molecule has 0 spiro atoms. The first kappa shape index (κ1) is 21.0. The van der Waals surface area contributed by atoms with Crippen LogP contribution in [-0.2, 0) is 29.0 Å². The van der Waals surface area contributed by atoms with Gasteiger partial charge in [-0.2, -0.15) is 5.26 Å². The predicted octanol–water partition coefficient (Wildman–Crippen LogP) is 1.42. The number of carbonyl (C=O) groups excluding carboxylic acids is 2. The summed E-state index contributed by atoms with van der Waals surface area (Å²) in [6, 6.07) is 7.97. The maximum absolute atomic E-state index is 12.6. The first-order valence-electron chi connectivity index (χ1n) is 9.80. The van der Waals surface area contributed by atoms with Gasteiger partial charge in [-0.15, -0.1) is 0 Å². The Morgan fingerprint density at radius 2 is 1.97 bits per heavy atom. The summed E-state index contributed by atoms with van der Waals surface area (Å²) >= 11 is 0. The van der Waals surface area contributed by atoms with E-state index < -0.39 is 29.7 Å². The summed E-state index contributed by atoms with van der Waals surface area (Å²) in [7, 11) is 0. The molecule has 1 aliphatic heterocycles. The maximum Gasteiger partial charge on any atom is 0.338 e. The Hall–Kier alpha value is -3.67. The summed E-state index contributed by atoms with van der Waals surface area (Å²) in [5.41, 5.74) is -0.241. The number of nitriles is 1. The number of nitrogens with zero attached hydrogens (tertiary/aromatic N) is 3. The minimum Gasteiger partial charge on any atom is -0.462 e. The van der Waals surface area contributed by atoms with Crippen LogP contribution in [0.25, 0.3) is 0 Å². The van der Waals surface area contributed by atoms with Crippen LogP contribution in [0, 0.1) is 11.3 Å². The number of nitrogens with one attached hydrogen (secondary N) is 1. The van der Waals surface area contributed by atoms with E-state index in [1.807, 2.05) is 13.0 Å². The number of fused-ring (bicyclic) bond motifs is 1. The first-order chi connectivity index (χ1) is 14.5. The third-order valence-electron chi connectivity index (χ3n) is 4.88. The fourth-order valence-electron chi connectivity index (χ4n) is 3.31. The van der Waals surface area contributed by atoms with Crippen LogP contribution in [0.2, 0.25) is 0 Å². The fraction of sp³-hybridized carbons (Fsp3) is 0.381. The third-order valence-corrected chi connectivity index (χ3v) is 4.88. The highest BCUT2D eigenvalue weighted by Gasteiger charge is 2.23.